The highest BCUT2D eigenvalue weighted by atomic mass is 19.4. The Morgan fingerprint density at radius 2 is 2.14 bits per heavy atom. The number of aromatic nitrogens is 4. The SMILES string of the molecule is NNc1ccc(C(F)(F)F)cc1C(=O)NCc1nn[nH]n1. The summed E-state index contributed by atoms with van der Waals surface area (Å²) in [4.78, 5) is 11.9. The van der Waals surface area contributed by atoms with Crippen molar-refractivity contribution >= 4 is 11.6 Å². The number of rotatable bonds is 4. The maximum absolute atomic E-state index is 12.7. The van der Waals surface area contributed by atoms with Crippen molar-refractivity contribution in [2.45, 2.75) is 12.7 Å². The van der Waals surface area contributed by atoms with Gasteiger partial charge in [0.15, 0.2) is 5.82 Å². The Morgan fingerprint density at radius 1 is 1.38 bits per heavy atom. The minimum absolute atomic E-state index is 0.0635. The molecule has 1 heterocycles. The van der Waals surface area contributed by atoms with Crippen LogP contribution in [0.25, 0.3) is 0 Å². The van der Waals surface area contributed by atoms with E-state index in [0.717, 1.165) is 12.1 Å². The van der Waals surface area contributed by atoms with Crippen LogP contribution in [0.4, 0.5) is 18.9 Å². The molecule has 8 nitrogen and oxygen atoms in total. The Bertz CT molecular complexity index is 626. The molecule has 2 aromatic rings. The Balaban J connectivity index is 2.21. The van der Waals surface area contributed by atoms with Crippen LogP contribution in [-0.4, -0.2) is 26.5 Å². The lowest BCUT2D eigenvalue weighted by atomic mass is 10.1. The highest BCUT2D eigenvalue weighted by Crippen LogP contribution is 2.31. The third-order valence-electron chi connectivity index (χ3n) is 2.54. The topological polar surface area (TPSA) is 122 Å². The molecule has 11 heteroatoms. The second-order valence-corrected chi connectivity index (χ2v) is 3.91. The van der Waals surface area contributed by atoms with Gasteiger partial charge in [0.25, 0.3) is 5.91 Å². The summed E-state index contributed by atoms with van der Waals surface area (Å²) in [5, 5.41) is 15.0. The maximum atomic E-state index is 12.7. The Morgan fingerprint density at radius 3 is 2.71 bits per heavy atom. The van der Waals surface area contributed by atoms with E-state index >= 15 is 0 Å². The fourth-order valence-electron chi connectivity index (χ4n) is 1.55. The van der Waals surface area contributed by atoms with Gasteiger partial charge in [0.05, 0.1) is 23.4 Å². The summed E-state index contributed by atoms with van der Waals surface area (Å²) < 4.78 is 38.0. The zero-order valence-corrected chi connectivity index (χ0v) is 10.4. The molecule has 0 saturated carbocycles. The summed E-state index contributed by atoms with van der Waals surface area (Å²) >= 11 is 0. The summed E-state index contributed by atoms with van der Waals surface area (Å²) in [6.45, 7) is -0.0877. The first-order valence-corrected chi connectivity index (χ1v) is 5.60. The van der Waals surface area contributed by atoms with Crippen LogP contribution in [-0.2, 0) is 12.7 Å². The largest absolute Gasteiger partial charge is 0.416 e. The van der Waals surface area contributed by atoms with E-state index < -0.39 is 17.6 Å². The number of nitrogen functional groups attached to an aromatic ring is 1. The summed E-state index contributed by atoms with van der Waals surface area (Å²) in [6.07, 6.45) is -4.56. The van der Waals surface area contributed by atoms with Crippen LogP contribution in [0.3, 0.4) is 0 Å². The van der Waals surface area contributed by atoms with Gasteiger partial charge in [-0.15, -0.1) is 10.2 Å². The molecule has 0 aliphatic rings. The fraction of sp³-hybridized carbons (Fsp3) is 0.200. The number of hydrazine groups is 1. The van der Waals surface area contributed by atoms with E-state index in [2.05, 4.69) is 31.4 Å². The van der Waals surface area contributed by atoms with Gasteiger partial charge in [-0.3, -0.25) is 10.6 Å². The lowest BCUT2D eigenvalue weighted by Gasteiger charge is -2.12. The number of alkyl halides is 3. The van der Waals surface area contributed by atoms with Gasteiger partial charge in [-0.05, 0) is 18.2 Å². The summed E-state index contributed by atoms with van der Waals surface area (Å²) in [5.41, 5.74) is 1.04. The van der Waals surface area contributed by atoms with Gasteiger partial charge < -0.3 is 10.7 Å². The van der Waals surface area contributed by atoms with Crippen LogP contribution in [0.1, 0.15) is 21.7 Å². The van der Waals surface area contributed by atoms with E-state index in [4.69, 9.17) is 5.84 Å². The van der Waals surface area contributed by atoms with Crippen molar-refractivity contribution in [2.75, 3.05) is 5.43 Å². The number of nitrogens with zero attached hydrogens (tertiary/aromatic N) is 3. The van der Waals surface area contributed by atoms with Crippen LogP contribution in [0.15, 0.2) is 18.2 Å². The summed E-state index contributed by atoms with van der Waals surface area (Å²) in [6, 6.07) is 2.61. The first kappa shape index (κ1) is 14.7. The molecule has 0 radical (unpaired) electrons. The van der Waals surface area contributed by atoms with Crippen LogP contribution in [0, 0.1) is 0 Å². The third-order valence-corrected chi connectivity index (χ3v) is 2.54. The van der Waals surface area contributed by atoms with Crippen molar-refractivity contribution in [3.63, 3.8) is 0 Å². The second kappa shape index (κ2) is 5.75. The van der Waals surface area contributed by atoms with Crippen LogP contribution < -0.4 is 16.6 Å². The van der Waals surface area contributed by atoms with E-state index in [-0.39, 0.29) is 23.6 Å². The van der Waals surface area contributed by atoms with E-state index in [1.807, 2.05) is 0 Å². The standard InChI is InChI=1S/C10H10F3N7O/c11-10(12,13)5-1-2-7(16-14)6(3-5)9(21)15-4-8-17-19-20-18-8/h1-3,16H,4,14H2,(H,15,21)(H,17,18,19,20). The minimum Gasteiger partial charge on any atom is -0.345 e. The molecule has 112 valence electrons. The third kappa shape index (κ3) is 3.45. The second-order valence-electron chi connectivity index (χ2n) is 3.91. The molecule has 0 atom stereocenters. The molecule has 21 heavy (non-hydrogen) atoms. The van der Waals surface area contributed by atoms with Crippen LogP contribution >= 0.6 is 0 Å². The molecule has 1 aromatic heterocycles. The van der Waals surface area contributed by atoms with Crippen molar-refractivity contribution in [1.82, 2.24) is 25.9 Å². The number of anilines is 1. The molecule has 0 saturated heterocycles. The van der Waals surface area contributed by atoms with Gasteiger partial charge in [0, 0.05) is 0 Å². The van der Waals surface area contributed by atoms with Gasteiger partial charge >= 0.3 is 6.18 Å². The van der Waals surface area contributed by atoms with Gasteiger partial charge in [0.2, 0.25) is 0 Å². The number of benzene rings is 1. The molecule has 0 spiro atoms. The number of H-pyrrole nitrogens is 1. The average molecular weight is 301 g/mol. The summed E-state index contributed by atoms with van der Waals surface area (Å²) in [5.74, 6) is 4.63. The van der Waals surface area contributed by atoms with Crippen LogP contribution in [0.5, 0.6) is 0 Å². The van der Waals surface area contributed by atoms with Gasteiger partial charge in [0.1, 0.15) is 0 Å². The minimum atomic E-state index is -4.56. The smallest absolute Gasteiger partial charge is 0.345 e. The van der Waals surface area contributed by atoms with E-state index in [9.17, 15) is 18.0 Å². The maximum Gasteiger partial charge on any atom is 0.416 e. The normalized spacial score (nSPS) is 11.2. The van der Waals surface area contributed by atoms with Gasteiger partial charge in [-0.2, -0.15) is 18.4 Å². The van der Waals surface area contributed by atoms with Crippen molar-refractivity contribution < 1.29 is 18.0 Å². The van der Waals surface area contributed by atoms with Crippen molar-refractivity contribution in [3.8, 4) is 0 Å². The number of amides is 1. The first-order valence-electron chi connectivity index (χ1n) is 5.60. The number of hydrogen-bond acceptors (Lipinski definition) is 6. The first-order chi connectivity index (χ1) is 9.91. The molecule has 0 aliphatic heterocycles. The number of tetrazole rings is 1. The van der Waals surface area contributed by atoms with E-state index in [0.29, 0.717) is 6.07 Å². The fourth-order valence-corrected chi connectivity index (χ4v) is 1.55. The van der Waals surface area contributed by atoms with Crippen molar-refractivity contribution in [1.29, 1.82) is 0 Å². The predicted octanol–water partition coefficient (Wildman–Crippen LogP) is 0.434. The number of hydrogen-bond donors (Lipinski definition) is 4. The zero-order chi connectivity index (χ0) is 15.5. The number of halogens is 3. The highest BCUT2D eigenvalue weighted by Gasteiger charge is 2.31. The molecule has 2 rings (SSSR count). The number of nitrogens with one attached hydrogen (secondary N) is 3. The average Bonchev–Trinajstić information content (AvgIpc) is 2.96. The molecule has 1 amide bonds. The number of carbonyl (C=O) groups excluding carboxylic acids is 1. The van der Waals surface area contributed by atoms with Crippen molar-refractivity contribution in [2.24, 2.45) is 5.84 Å². The molecule has 0 aliphatic carbocycles. The van der Waals surface area contributed by atoms with Gasteiger partial charge in [-0.25, -0.2) is 0 Å². The van der Waals surface area contributed by atoms with E-state index in [1.54, 1.807) is 0 Å². The highest BCUT2D eigenvalue weighted by molar-refractivity contribution is 5.99. The Labute approximate surface area is 115 Å². The lowest BCUT2D eigenvalue weighted by Crippen LogP contribution is -2.26. The molecular weight excluding hydrogens is 291 g/mol. The Kier molecular flexibility index (Phi) is 4.03. The zero-order valence-electron chi connectivity index (χ0n) is 10.4. The van der Waals surface area contributed by atoms with Gasteiger partial charge in [-0.1, -0.05) is 5.21 Å². The number of aromatic amines is 1. The molecule has 1 aromatic carbocycles. The number of carbonyl (C=O) groups is 1. The lowest BCUT2D eigenvalue weighted by molar-refractivity contribution is -0.137. The molecular formula is C10H10F3N7O. The van der Waals surface area contributed by atoms with E-state index in [1.165, 1.54) is 0 Å². The molecule has 0 unspecified atom stereocenters. The molecule has 0 fully saturated rings. The Hall–Kier alpha value is -2.69. The monoisotopic (exact) mass is 301 g/mol. The quantitative estimate of drug-likeness (QED) is 0.480. The molecule has 5 N–H and O–H groups in total. The molecule has 0 bridgehead atoms. The number of nitrogens with two attached hydrogens (primary N) is 1. The van der Waals surface area contributed by atoms with Crippen LogP contribution in [0.2, 0.25) is 0 Å². The summed E-state index contributed by atoms with van der Waals surface area (Å²) in [7, 11) is 0. The van der Waals surface area contributed by atoms with Crippen molar-refractivity contribution in [3.05, 3.63) is 35.2 Å². The predicted molar refractivity (Wildman–Crippen MR) is 64.6 cm³/mol.